The minimum atomic E-state index is -5.42. The van der Waals surface area contributed by atoms with E-state index < -0.39 is 10.5 Å². The molecule has 0 unspecified atom stereocenters. The van der Waals surface area contributed by atoms with Gasteiger partial charge in [-0.2, -0.15) is 0 Å². The Hall–Kier alpha value is -0.690. The Kier molecular flexibility index (Phi) is 5.65. The van der Waals surface area contributed by atoms with Crippen LogP contribution in [-0.2, 0) is 15.2 Å². The highest BCUT2D eigenvalue weighted by Crippen LogP contribution is 2.61. The van der Waals surface area contributed by atoms with Crippen molar-refractivity contribution in [2.75, 3.05) is 7.11 Å². The van der Waals surface area contributed by atoms with Gasteiger partial charge in [0.1, 0.15) is 0 Å². The van der Waals surface area contributed by atoms with Gasteiger partial charge < -0.3 is 9.29 Å². The van der Waals surface area contributed by atoms with Crippen LogP contribution in [0.5, 0.6) is 0 Å². The van der Waals surface area contributed by atoms with Gasteiger partial charge in [-0.25, -0.2) is 13.4 Å². The van der Waals surface area contributed by atoms with Gasteiger partial charge in [0.25, 0.3) is 10.5 Å². The van der Waals surface area contributed by atoms with E-state index in [0.717, 1.165) is 30.1 Å². The summed E-state index contributed by atoms with van der Waals surface area (Å²) in [6, 6.07) is 0. The van der Waals surface area contributed by atoms with E-state index in [1.165, 1.54) is 38.5 Å². The first kappa shape index (κ1) is 19.6. The SMILES string of the molecule is COC(CC12CC3CC(CC(C3)C1)C2)=[NH+]C(C)(C)C.O=S(=O)([O-])F. The fraction of sp³-hybridized carbons (Fsp3) is 0.941. The predicted octanol–water partition coefficient (Wildman–Crippen LogP) is 1.93. The summed E-state index contributed by atoms with van der Waals surface area (Å²) in [6.07, 6.45) is 10.1. The Labute approximate surface area is 145 Å². The second-order valence-electron chi connectivity index (χ2n) is 8.99. The van der Waals surface area contributed by atoms with E-state index in [9.17, 15) is 3.89 Å². The highest BCUT2D eigenvalue weighted by molar-refractivity contribution is 7.80. The molecule has 4 rings (SSSR count). The third-order valence-electron chi connectivity index (χ3n) is 5.46. The zero-order valence-electron chi connectivity index (χ0n) is 15.1. The van der Waals surface area contributed by atoms with Gasteiger partial charge in [-0.1, -0.05) is 0 Å². The van der Waals surface area contributed by atoms with E-state index in [1.807, 2.05) is 7.11 Å². The molecule has 0 radical (unpaired) electrons. The topological polar surface area (TPSA) is 80.4 Å². The van der Waals surface area contributed by atoms with Crippen LogP contribution in [0.1, 0.15) is 65.7 Å². The molecule has 0 spiro atoms. The minimum absolute atomic E-state index is 0.105. The van der Waals surface area contributed by atoms with E-state index >= 15 is 0 Å². The van der Waals surface area contributed by atoms with Crippen LogP contribution in [0.3, 0.4) is 0 Å². The van der Waals surface area contributed by atoms with Crippen molar-refractivity contribution in [3.05, 3.63) is 0 Å². The first-order chi connectivity index (χ1) is 10.9. The van der Waals surface area contributed by atoms with Crippen molar-refractivity contribution in [1.29, 1.82) is 0 Å². The molecule has 4 aliphatic rings. The number of hydrogen-bond acceptors (Lipinski definition) is 4. The molecule has 0 aromatic heterocycles. The third kappa shape index (κ3) is 5.99. The Morgan fingerprint density at radius 3 is 1.83 bits per heavy atom. The average molecular weight is 363 g/mol. The maximum absolute atomic E-state index is 10.1. The summed E-state index contributed by atoms with van der Waals surface area (Å²) in [5, 5.41) is 0. The summed E-state index contributed by atoms with van der Waals surface area (Å²) < 4.78 is 41.0. The Bertz CT molecular complexity index is 537. The molecule has 4 fully saturated rings. The zero-order valence-corrected chi connectivity index (χ0v) is 15.9. The normalized spacial score (nSPS) is 35.4. The maximum Gasteiger partial charge on any atom is 0.335 e. The maximum atomic E-state index is 10.1. The molecule has 0 aromatic carbocycles. The molecule has 0 aliphatic heterocycles. The van der Waals surface area contributed by atoms with Gasteiger partial charge in [0.15, 0.2) is 5.54 Å². The molecule has 7 heteroatoms. The van der Waals surface area contributed by atoms with Crippen LogP contribution in [0.15, 0.2) is 0 Å². The number of nitrogens with one attached hydrogen (secondary N) is 1. The monoisotopic (exact) mass is 363 g/mol. The van der Waals surface area contributed by atoms with Gasteiger partial charge in [-0.05, 0) is 82.5 Å². The Balaban J connectivity index is 0.000000368. The summed E-state index contributed by atoms with van der Waals surface area (Å²) in [7, 11) is -3.59. The van der Waals surface area contributed by atoms with Crippen LogP contribution in [0.4, 0.5) is 3.89 Å². The molecule has 0 heterocycles. The van der Waals surface area contributed by atoms with Crippen molar-refractivity contribution in [1.82, 2.24) is 0 Å². The lowest BCUT2D eigenvalue weighted by Crippen LogP contribution is -2.85. The van der Waals surface area contributed by atoms with Crippen molar-refractivity contribution in [3.63, 3.8) is 0 Å². The van der Waals surface area contributed by atoms with Crippen molar-refractivity contribution in [2.24, 2.45) is 23.2 Å². The van der Waals surface area contributed by atoms with Crippen molar-refractivity contribution in [3.8, 4) is 0 Å². The fourth-order valence-corrected chi connectivity index (χ4v) is 5.43. The van der Waals surface area contributed by atoms with Gasteiger partial charge in [0.05, 0.1) is 13.5 Å². The molecule has 24 heavy (non-hydrogen) atoms. The molecule has 0 atom stereocenters. The largest absolute Gasteiger partial charge is 0.722 e. The van der Waals surface area contributed by atoms with Gasteiger partial charge in [0.2, 0.25) is 0 Å². The van der Waals surface area contributed by atoms with Gasteiger partial charge in [-0.3, -0.25) is 0 Å². The van der Waals surface area contributed by atoms with Gasteiger partial charge in [-0.15, -0.1) is 3.89 Å². The van der Waals surface area contributed by atoms with Crippen LogP contribution in [0, 0.1) is 23.2 Å². The molecular weight excluding hydrogens is 333 g/mol. The van der Waals surface area contributed by atoms with Crippen molar-refractivity contribution in [2.45, 2.75) is 71.3 Å². The summed E-state index contributed by atoms with van der Waals surface area (Å²) in [6.45, 7) is 6.64. The predicted molar refractivity (Wildman–Crippen MR) is 88.8 cm³/mol. The number of hydrogen-bond donors (Lipinski definition) is 1. The summed E-state index contributed by atoms with van der Waals surface area (Å²) in [4.78, 5) is 3.58. The number of ether oxygens (including phenoxy) is 1. The first-order valence-electron chi connectivity index (χ1n) is 8.71. The quantitative estimate of drug-likeness (QED) is 0.352. The average Bonchev–Trinajstić information content (AvgIpc) is 2.31. The van der Waals surface area contributed by atoms with Crippen LogP contribution in [0.25, 0.3) is 0 Å². The van der Waals surface area contributed by atoms with E-state index in [4.69, 9.17) is 17.7 Å². The smallest absolute Gasteiger partial charge is 0.335 e. The van der Waals surface area contributed by atoms with E-state index in [2.05, 4.69) is 25.8 Å². The molecule has 4 aliphatic carbocycles. The third-order valence-corrected chi connectivity index (χ3v) is 5.46. The standard InChI is InChI=1S/C17H29NO.FHO3S/c1-16(2,3)18-15(19-4)11-17-8-12-5-13(9-17)7-14(6-12)10-17;1-5(2,3)4/h12-14H,5-11H2,1-4H3;(H,2,3,4). The van der Waals surface area contributed by atoms with E-state index in [0.29, 0.717) is 5.41 Å². The van der Waals surface area contributed by atoms with Crippen molar-refractivity contribution >= 4 is 16.4 Å². The van der Waals surface area contributed by atoms with Crippen molar-refractivity contribution < 1.29 is 26.6 Å². The molecule has 0 amide bonds. The van der Waals surface area contributed by atoms with Crippen LogP contribution >= 0.6 is 0 Å². The summed E-state index contributed by atoms with van der Waals surface area (Å²) >= 11 is 0. The number of methoxy groups -OCH3 is 1. The molecular formula is C17H30FNO4S. The molecule has 4 saturated carbocycles. The molecule has 140 valence electrons. The van der Waals surface area contributed by atoms with Gasteiger partial charge >= 0.3 is 5.90 Å². The Morgan fingerprint density at radius 1 is 1.17 bits per heavy atom. The lowest BCUT2D eigenvalue weighted by atomic mass is 9.49. The lowest BCUT2D eigenvalue weighted by molar-refractivity contribution is -0.548. The Morgan fingerprint density at radius 2 is 1.54 bits per heavy atom. The molecule has 0 aromatic rings. The van der Waals surface area contributed by atoms with E-state index in [1.54, 1.807) is 0 Å². The van der Waals surface area contributed by atoms with E-state index in [-0.39, 0.29) is 5.54 Å². The highest BCUT2D eigenvalue weighted by atomic mass is 32.3. The van der Waals surface area contributed by atoms with Crippen LogP contribution in [-0.4, -0.2) is 31.5 Å². The highest BCUT2D eigenvalue weighted by Gasteiger charge is 2.52. The number of rotatable bonds is 2. The summed E-state index contributed by atoms with van der Waals surface area (Å²) in [5.41, 5.74) is 0.673. The summed E-state index contributed by atoms with van der Waals surface area (Å²) in [5.74, 6) is 4.20. The minimum Gasteiger partial charge on any atom is -0.722 e. The fourth-order valence-electron chi connectivity index (χ4n) is 5.43. The van der Waals surface area contributed by atoms with Gasteiger partial charge in [0, 0.05) is 0 Å². The molecule has 5 nitrogen and oxygen atoms in total. The zero-order chi connectivity index (χ0) is 18.2. The second-order valence-corrected chi connectivity index (χ2v) is 9.78. The second kappa shape index (κ2) is 6.90. The van der Waals surface area contributed by atoms with Crippen LogP contribution in [0.2, 0.25) is 0 Å². The number of halogens is 1. The molecule has 0 saturated heterocycles. The van der Waals surface area contributed by atoms with Crippen LogP contribution < -0.4 is 4.99 Å². The lowest BCUT2D eigenvalue weighted by Gasteiger charge is -2.56. The molecule has 4 bridgehead atoms. The molecule has 1 N–H and O–H groups in total. The first-order valence-corrected chi connectivity index (χ1v) is 10.0.